The fourth-order valence-corrected chi connectivity index (χ4v) is 1.75. The predicted octanol–water partition coefficient (Wildman–Crippen LogP) is 2.36. The minimum atomic E-state index is -0.865. The molecule has 0 bridgehead atoms. The maximum Gasteiger partial charge on any atom is 0.162 e. The summed E-state index contributed by atoms with van der Waals surface area (Å²) in [4.78, 5) is 0. The van der Waals surface area contributed by atoms with Crippen molar-refractivity contribution in [1.29, 1.82) is 0 Å². The molecule has 1 aliphatic rings. The summed E-state index contributed by atoms with van der Waals surface area (Å²) >= 11 is 0. The Bertz CT molecular complexity index is 351. The van der Waals surface area contributed by atoms with Gasteiger partial charge in [-0.3, -0.25) is 0 Å². The highest BCUT2D eigenvalue weighted by molar-refractivity contribution is 5.23. The van der Waals surface area contributed by atoms with E-state index < -0.39 is 11.6 Å². The van der Waals surface area contributed by atoms with Gasteiger partial charge in [0.2, 0.25) is 0 Å². The molecule has 87 valence electrons. The second-order valence-corrected chi connectivity index (χ2v) is 4.00. The average Bonchev–Trinajstić information content (AvgIpc) is 2.32. The average molecular weight is 226 g/mol. The molecule has 2 nitrogen and oxygen atoms in total. The Labute approximate surface area is 93.6 Å². The van der Waals surface area contributed by atoms with E-state index in [0.717, 1.165) is 38.1 Å². The van der Waals surface area contributed by atoms with Crippen LogP contribution < -0.4 is 10.1 Å². The number of piperidine rings is 1. The molecule has 1 aliphatic heterocycles. The molecule has 0 aromatic heterocycles. The van der Waals surface area contributed by atoms with Crippen molar-refractivity contribution in [2.45, 2.75) is 12.8 Å². The molecule has 0 aliphatic carbocycles. The minimum absolute atomic E-state index is 0.390. The van der Waals surface area contributed by atoms with Crippen molar-refractivity contribution in [1.82, 2.24) is 5.32 Å². The maximum atomic E-state index is 12.9. The van der Waals surface area contributed by atoms with E-state index in [4.69, 9.17) is 4.74 Å². The highest BCUT2D eigenvalue weighted by Crippen LogP contribution is 2.18. The van der Waals surface area contributed by atoms with Crippen LogP contribution in [0.3, 0.4) is 0 Å². The zero-order valence-electron chi connectivity index (χ0n) is 8.96. The van der Waals surface area contributed by atoms with Gasteiger partial charge in [-0.25, -0.2) is 14.1 Å². The molecule has 16 heavy (non-hydrogen) atoms. The van der Waals surface area contributed by atoms with Crippen molar-refractivity contribution in [2.75, 3.05) is 19.7 Å². The molecule has 1 radical (unpaired) electrons. The second-order valence-electron chi connectivity index (χ2n) is 4.00. The van der Waals surface area contributed by atoms with E-state index in [1.807, 2.05) is 0 Å². The third-order valence-corrected chi connectivity index (χ3v) is 2.77. The topological polar surface area (TPSA) is 23.3 Å². The lowest BCUT2D eigenvalue weighted by Crippen LogP contribution is -2.26. The standard InChI is InChI=1S/C12H14F2NO/c13-11-2-1-10(7-12(11)14)16-8-9-3-5-15-6-4-9/h1-2,7,9H,3-6,8H2. The Morgan fingerprint density at radius 3 is 2.62 bits per heavy atom. The van der Waals surface area contributed by atoms with Crippen molar-refractivity contribution in [2.24, 2.45) is 5.92 Å². The smallest absolute Gasteiger partial charge is 0.162 e. The van der Waals surface area contributed by atoms with Crippen LogP contribution in [0.4, 0.5) is 8.78 Å². The van der Waals surface area contributed by atoms with E-state index in [1.165, 1.54) is 6.07 Å². The Hall–Kier alpha value is -1.16. The van der Waals surface area contributed by atoms with Crippen LogP contribution in [-0.2, 0) is 0 Å². The summed E-state index contributed by atoms with van der Waals surface area (Å²) in [5, 5.41) is 4.24. The highest BCUT2D eigenvalue weighted by atomic mass is 19.2. The van der Waals surface area contributed by atoms with E-state index in [0.29, 0.717) is 18.3 Å². The fourth-order valence-electron chi connectivity index (χ4n) is 1.75. The van der Waals surface area contributed by atoms with E-state index in [2.05, 4.69) is 5.32 Å². The molecular weight excluding hydrogens is 212 g/mol. The lowest BCUT2D eigenvalue weighted by Gasteiger charge is -2.21. The molecule has 0 N–H and O–H groups in total. The van der Waals surface area contributed by atoms with Gasteiger partial charge in [0.15, 0.2) is 11.6 Å². The second kappa shape index (κ2) is 5.25. The van der Waals surface area contributed by atoms with Crippen molar-refractivity contribution < 1.29 is 13.5 Å². The van der Waals surface area contributed by atoms with Crippen LogP contribution in [0.15, 0.2) is 18.2 Å². The quantitative estimate of drug-likeness (QED) is 0.776. The van der Waals surface area contributed by atoms with Gasteiger partial charge in [-0.15, -0.1) is 0 Å². The summed E-state index contributed by atoms with van der Waals surface area (Å²) in [5.74, 6) is -0.841. The van der Waals surface area contributed by atoms with Gasteiger partial charge in [-0.1, -0.05) is 0 Å². The number of benzene rings is 1. The molecule has 0 saturated carbocycles. The van der Waals surface area contributed by atoms with E-state index >= 15 is 0 Å². The van der Waals surface area contributed by atoms with Crippen LogP contribution in [-0.4, -0.2) is 19.7 Å². The van der Waals surface area contributed by atoms with Gasteiger partial charge in [-0.2, -0.15) is 0 Å². The van der Waals surface area contributed by atoms with Gasteiger partial charge in [0.25, 0.3) is 0 Å². The van der Waals surface area contributed by atoms with Gasteiger partial charge < -0.3 is 4.74 Å². The third-order valence-electron chi connectivity index (χ3n) is 2.77. The number of ether oxygens (including phenoxy) is 1. The summed E-state index contributed by atoms with van der Waals surface area (Å²) in [6.07, 6.45) is 2.04. The van der Waals surface area contributed by atoms with Gasteiger partial charge in [-0.05, 0) is 30.9 Å². The number of hydrogen-bond donors (Lipinski definition) is 0. The van der Waals surface area contributed by atoms with Crippen LogP contribution in [0.1, 0.15) is 12.8 Å². The molecule has 0 spiro atoms. The zero-order valence-corrected chi connectivity index (χ0v) is 8.96. The SMILES string of the molecule is Fc1ccc(OCC2CC[N]CC2)cc1F. The number of rotatable bonds is 3. The molecule has 0 amide bonds. The molecule has 1 fully saturated rings. The molecule has 1 aromatic carbocycles. The molecule has 0 unspecified atom stereocenters. The highest BCUT2D eigenvalue weighted by Gasteiger charge is 2.14. The van der Waals surface area contributed by atoms with Crippen LogP contribution in [0.5, 0.6) is 5.75 Å². The Morgan fingerprint density at radius 2 is 1.94 bits per heavy atom. The van der Waals surface area contributed by atoms with E-state index in [1.54, 1.807) is 0 Å². The normalized spacial score (nSPS) is 17.4. The minimum Gasteiger partial charge on any atom is -0.493 e. The predicted molar refractivity (Wildman–Crippen MR) is 56.4 cm³/mol. The summed E-state index contributed by atoms with van der Waals surface area (Å²) in [6.45, 7) is 2.32. The van der Waals surface area contributed by atoms with Crippen molar-refractivity contribution >= 4 is 0 Å². The zero-order chi connectivity index (χ0) is 11.4. The Kier molecular flexibility index (Phi) is 3.72. The number of hydrogen-bond acceptors (Lipinski definition) is 1. The van der Waals surface area contributed by atoms with E-state index in [-0.39, 0.29) is 0 Å². The first-order valence-electron chi connectivity index (χ1n) is 5.47. The van der Waals surface area contributed by atoms with Crippen LogP contribution >= 0.6 is 0 Å². The third kappa shape index (κ3) is 2.92. The monoisotopic (exact) mass is 226 g/mol. The first kappa shape index (κ1) is 11.3. The van der Waals surface area contributed by atoms with Crippen molar-refractivity contribution in [3.8, 4) is 5.75 Å². The molecule has 2 rings (SSSR count). The van der Waals surface area contributed by atoms with Crippen LogP contribution in [0, 0.1) is 17.6 Å². The lowest BCUT2D eigenvalue weighted by atomic mass is 9.99. The fraction of sp³-hybridized carbons (Fsp3) is 0.500. The molecule has 4 heteroatoms. The van der Waals surface area contributed by atoms with Gasteiger partial charge >= 0.3 is 0 Å². The van der Waals surface area contributed by atoms with Gasteiger partial charge in [0.05, 0.1) is 6.61 Å². The first-order chi connectivity index (χ1) is 7.75. The van der Waals surface area contributed by atoms with Crippen LogP contribution in [0.25, 0.3) is 0 Å². The van der Waals surface area contributed by atoms with Gasteiger partial charge in [0.1, 0.15) is 5.75 Å². The maximum absolute atomic E-state index is 12.9. The molecule has 1 saturated heterocycles. The van der Waals surface area contributed by atoms with Crippen molar-refractivity contribution in [3.63, 3.8) is 0 Å². The first-order valence-corrected chi connectivity index (χ1v) is 5.47. The summed E-state index contributed by atoms with van der Waals surface area (Å²) in [7, 11) is 0. The lowest BCUT2D eigenvalue weighted by molar-refractivity contribution is 0.213. The largest absolute Gasteiger partial charge is 0.493 e. The van der Waals surface area contributed by atoms with E-state index in [9.17, 15) is 8.78 Å². The summed E-state index contributed by atoms with van der Waals surface area (Å²) < 4.78 is 31.0. The molecule has 0 atom stereocenters. The number of halogens is 2. The van der Waals surface area contributed by atoms with Crippen molar-refractivity contribution in [3.05, 3.63) is 29.8 Å². The Morgan fingerprint density at radius 1 is 1.19 bits per heavy atom. The summed E-state index contributed by atoms with van der Waals surface area (Å²) in [6, 6.07) is 3.62. The molecular formula is C12H14F2NO. The summed E-state index contributed by atoms with van der Waals surface area (Å²) in [5.41, 5.74) is 0. The molecule has 1 aromatic rings. The number of nitrogens with zero attached hydrogens (tertiary/aromatic N) is 1. The Balaban J connectivity index is 1.86. The molecule has 1 heterocycles. The van der Waals surface area contributed by atoms with Crippen LogP contribution in [0.2, 0.25) is 0 Å². The van der Waals surface area contributed by atoms with Gasteiger partial charge in [0, 0.05) is 19.2 Å².